The van der Waals surface area contributed by atoms with Crippen LogP contribution in [0.15, 0.2) is 60.7 Å². The number of hydrogen-bond acceptors (Lipinski definition) is 6. The lowest BCUT2D eigenvalue weighted by molar-refractivity contribution is -0.169. The minimum absolute atomic E-state index is 0.0557. The Balaban J connectivity index is 0.000000487. The molecule has 0 radical (unpaired) electrons. The molecule has 2 aromatic carbocycles. The molecule has 0 unspecified atom stereocenters. The Bertz CT molecular complexity index is 675. The molecule has 8 heteroatoms. The molecule has 0 aliphatic rings. The van der Waals surface area contributed by atoms with E-state index >= 15 is 0 Å². The summed E-state index contributed by atoms with van der Waals surface area (Å²) in [5, 5.41) is 14.8. The highest BCUT2D eigenvalue weighted by Crippen LogP contribution is 2.03. The summed E-state index contributed by atoms with van der Waals surface area (Å²) in [6.45, 7) is 0.111. The standard InChI is InChI=1S/C16H14O4.C2H2O4/c17-15(19-11-13-7-3-1-4-8-13)16(18)20-12-14-9-5-2-6-10-14;3-1(4)2(5)6/h1-10H,11-12H2;(H,3,4)(H,5,6). The van der Waals surface area contributed by atoms with Crippen LogP contribution in [0.2, 0.25) is 0 Å². The Morgan fingerprint density at radius 2 is 0.923 bits per heavy atom. The van der Waals surface area contributed by atoms with Crippen LogP contribution < -0.4 is 0 Å². The molecule has 0 spiro atoms. The van der Waals surface area contributed by atoms with Gasteiger partial charge in [0.1, 0.15) is 13.2 Å². The van der Waals surface area contributed by atoms with Gasteiger partial charge in [-0.15, -0.1) is 0 Å². The van der Waals surface area contributed by atoms with Crippen LogP contribution in [0.3, 0.4) is 0 Å². The maximum absolute atomic E-state index is 11.4. The highest BCUT2D eigenvalue weighted by molar-refractivity contribution is 6.29. The number of carbonyl (C=O) groups is 4. The molecule has 0 bridgehead atoms. The molecule has 2 rings (SSSR count). The van der Waals surface area contributed by atoms with Gasteiger partial charge in [-0.1, -0.05) is 60.7 Å². The number of hydrogen-bond donors (Lipinski definition) is 2. The lowest BCUT2D eigenvalue weighted by Crippen LogP contribution is -2.20. The molecule has 0 amide bonds. The van der Waals surface area contributed by atoms with Gasteiger partial charge in [-0.05, 0) is 11.1 Å². The van der Waals surface area contributed by atoms with Gasteiger partial charge in [0.05, 0.1) is 0 Å². The molecule has 0 atom stereocenters. The second kappa shape index (κ2) is 11.0. The second-order valence-electron chi connectivity index (χ2n) is 4.73. The Morgan fingerprint density at radius 1 is 0.615 bits per heavy atom. The highest BCUT2D eigenvalue weighted by atomic mass is 16.6. The van der Waals surface area contributed by atoms with Crippen molar-refractivity contribution in [3.05, 3.63) is 71.8 Å². The minimum atomic E-state index is -1.82. The minimum Gasteiger partial charge on any atom is -0.473 e. The van der Waals surface area contributed by atoms with Crippen LogP contribution in [0.25, 0.3) is 0 Å². The molecular formula is C18H16O8. The summed E-state index contributed by atoms with van der Waals surface area (Å²) in [5.41, 5.74) is 1.63. The van der Waals surface area contributed by atoms with Gasteiger partial charge in [-0.25, -0.2) is 19.2 Å². The van der Waals surface area contributed by atoms with Gasteiger partial charge in [0, 0.05) is 0 Å². The van der Waals surface area contributed by atoms with Crippen LogP contribution in [0.5, 0.6) is 0 Å². The zero-order valence-electron chi connectivity index (χ0n) is 13.5. The van der Waals surface area contributed by atoms with Gasteiger partial charge < -0.3 is 19.7 Å². The van der Waals surface area contributed by atoms with Crippen molar-refractivity contribution in [2.75, 3.05) is 0 Å². The van der Waals surface area contributed by atoms with E-state index in [1.54, 1.807) is 0 Å². The normalized spacial score (nSPS) is 9.23. The van der Waals surface area contributed by atoms with Crippen LogP contribution in [0.4, 0.5) is 0 Å². The Morgan fingerprint density at radius 3 is 1.19 bits per heavy atom. The van der Waals surface area contributed by atoms with Crippen molar-refractivity contribution in [3.8, 4) is 0 Å². The van der Waals surface area contributed by atoms with E-state index in [1.165, 1.54) is 0 Å². The van der Waals surface area contributed by atoms with Crippen LogP contribution in [-0.2, 0) is 41.9 Å². The number of esters is 2. The van der Waals surface area contributed by atoms with Gasteiger partial charge >= 0.3 is 23.9 Å². The molecule has 136 valence electrons. The SMILES string of the molecule is O=C(O)C(=O)O.O=C(OCc1ccccc1)C(=O)OCc1ccccc1. The van der Waals surface area contributed by atoms with Crippen molar-refractivity contribution >= 4 is 23.9 Å². The number of aliphatic carboxylic acids is 2. The average Bonchev–Trinajstić information content (AvgIpc) is 2.66. The van der Waals surface area contributed by atoms with Crippen molar-refractivity contribution < 1.29 is 38.9 Å². The molecule has 0 saturated heterocycles. The van der Waals surface area contributed by atoms with E-state index in [9.17, 15) is 9.59 Å². The monoisotopic (exact) mass is 360 g/mol. The van der Waals surface area contributed by atoms with Gasteiger partial charge in [0.2, 0.25) is 0 Å². The number of ether oxygens (including phenoxy) is 2. The Kier molecular flexibility index (Phi) is 8.60. The smallest absolute Gasteiger partial charge is 0.417 e. The third-order valence-electron chi connectivity index (χ3n) is 2.78. The first-order chi connectivity index (χ1) is 12.4. The molecule has 0 aromatic heterocycles. The lowest BCUT2D eigenvalue weighted by atomic mass is 10.2. The van der Waals surface area contributed by atoms with Crippen molar-refractivity contribution in [3.63, 3.8) is 0 Å². The van der Waals surface area contributed by atoms with Gasteiger partial charge in [-0.2, -0.15) is 0 Å². The molecule has 8 nitrogen and oxygen atoms in total. The average molecular weight is 360 g/mol. The van der Waals surface area contributed by atoms with Crippen LogP contribution >= 0.6 is 0 Å². The van der Waals surface area contributed by atoms with Crippen LogP contribution in [-0.4, -0.2) is 34.1 Å². The fourth-order valence-electron chi connectivity index (χ4n) is 1.56. The summed E-state index contributed by atoms with van der Waals surface area (Å²) < 4.78 is 9.73. The predicted molar refractivity (Wildman–Crippen MR) is 87.7 cm³/mol. The third-order valence-corrected chi connectivity index (χ3v) is 2.78. The summed E-state index contributed by atoms with van der Waals surface area (Å²) in [6.07, 6.45) is 0. The van der Waals surface area contributed by atoms with Gasteiger partial charge in [0.25, 0.3) is 0 Å². The summed E-state index contributed by atoms with van der Waals surface area (Å²) in [6, 6.07) is 18.3. The number of carboxylic acids is 2. The molecule has 0 aliphatic heterocycles. The maximum atomic E-state index is 11.4. The lowest BCUT2D eigenvalue weighted by Gasteiger charge is -2.05. The van der Waals surface area contributed by atoms with Crippen LogP contribution in [0.1, 0.15) is 11.1 Å². The zero-order valence-corrected chi connectivity index (χ0v) is 13.5. The highest BCUT2D eigenvalue weighted by Gasteiger charge is 2.17. The molecule has 0 aliphatic carbocycles. The summed E-state index contributed by atoms with van der Waals surface area (Å²) in [7, 11) is 0. The van der Waals surface area contributed by atoms with E-state index in [0.717, 1.165) is 11.1 Å². The van der Waals surface area contributed by atoms with E-state index in [1.807, 2.05) is 60.7 Å². The van der Waals surface area contributed by atoms with Crippen molar-refractivity contribution in [1.82, 2.24) is 0 Å². The fraction of sp³-hybridized carbons (Fsp3) is 0.111. The molecule has 0 saturated carbocycles. The maximum Gasteiger partial charge on any atom is 0.417 e. The molecule has 2 aromatic rings. The largest absolute Gasteiger partial charge is 0.473 e. The molecule has 0 heterocycles. The topological polar surface area (TPSA) is 127 Å². The predicted octanol–water partition coefficient (Wildman–Crippen LogP) is 1.63. The summed E-state index contributed by atoms with van der Waals surface area (Å²) >= 11 is 0. The molecule has 2 N–H and O–H groups in total. The van der Waals surface area contributed by atoms with E-state index in [4.69, 9.17) is 29.3 Å². The van der Waals surface area contributed by atoms with E-state index < -0.39 is 23.9 Å². The quantitative estimate of drug-likeness (QED) is 0.622. The van der Waals surface area contributed by atoms with E-state index in [-0.39, 0.29) is 13.2 Å². The number of carbonyl (C=O) groups excluding carboxylic acids is 2. The number of benzene rings is 2. The Hall–Kier alpha value is -3.68. The summed E-state index contributed by atoms with van der Waals surface area (Å²) in [4.78, 5) is 41.1. The van der Waals surface area contributed by atoms with E-state index in [0.29, 0.717) is 0 Å². The second-order valence-corrected chi connectivity index (χ2v) is 4.73. The van der Waals surface area contributed by atoms with Crippen molar-refractivity contribution in [2.45, 2.75) is 13.2 Å². The summed E-state index contributed by atoms with van der Waals surface area (Å²) in [5.74, 6) is -5.61. The molecular weight excluding hydrogens is 344 g/mol. The van der Waals surface area contributed by atoms with Crippen LogP contribution in [0, 0.1) is 0 Å². The zero-order chi connectivity index (χ0) is 19.4. The van der Waals surface area contributed by atoms with E-state index in [2.05, 4.69) is 0 Å². The van der Waals surface area contributed by atoms with Gasteiger partial charge in [0.15, 0.2) is 0 Å². The van der Waals surface area contributed by atoms with Crippen molar-refractivity contribution in [1.29, 1.82) is 0 Å². The number of rotatable bonds is 4. The van der Waals surface area contributed by atoms with Gasteiger partial charge in [-0.3, -0.25) is 0 Å². The molecule has 0 fully saturated rings. The first-order valence-electron chi connectivity index (χ1n) is 7.28. The first-order valence-corrected chi connectivity index (χ1v) is 7.28. The number of carboxylic acid groups (broad SMARTS) is 2. The van der Waals surface area contributed by atoms with Crippen molar-refractivity contribution in [2.24, 2.45) is 0 Å². The fourth-order valence-corrected chi connectivity index (χ4v) is 1.56. The first kappa shape index (κ1) is 20.4. The Labute approximate surface area is 148 Å². The third kappa shape index (κ3) is 8.25. The molecule has 26 heavy (non-hydrogen) atoms.